The Morgan fingerprint density at radius 2 is 1.16 bits per heavy atom. The van der Waals surface area contributed by atoms with E-state index in [1.807, 2.05) is 0 Å². The van der Waals surface area contributed by atoms with Gasteiger partial charge in [-0.25, -0.2) is 0 Å². The number of nitrogens with zero attached hydrogens (tertiary/aromatic N) is 1. The van der Waals surface area contributed by atoms with E-state index in [4.69, 9.17) is 4.42 Å². The van der Waals surface area contributed by atoms with E-state index < -0.39 is 0 Å². The molecule has 1 aromatic heterocycles. The molecular weight excluding hydrogens is 619 g/mol. The van der Waals surface area contributed by atoms with Crippen molar-refractivity contribution in [3.8, 4) is 33.4 Å². The van der Waals surface area contributed by atoms with Crippen LogP contribution in [0.4, 0.5) is 17.1 Å². The molecule has 1 aliphatic carbocycles. The van der Waals surface area contributed by atoms with Crippen molar-refractivity contribution in [3.05, 3.63) is 187 Å². The molecule has 0 aliphatic heterocycles. The van der Waals surface area contributed by atoms with Gasteiger partial charge < -0.3 is 9.32 Å². The second-order valence-corrected chi connectivity index (χ2v) is 14.1. The lowest BCUT2D eigenvalue weighted by molar-refractivity contribution is 0.661. The van der Waals surface area contributed by atoms with E-state index in [0.717, 1.165) is 49.8 Å². The van der Waals surface area contributed by atoms with Crippen molar-refractivity contribution in [1.82, 2.24) is 0 Å². The predicted octanol–water partition coefficient (Wildman–Crippen LogP) is 13.8. The Labute approximate surface area is 297 Å². The average Bonchev–Trinajstić information content (AvgIpc) is 3.69. The van der Waals surface area contributed by atoms with Crippen LogP contribution < -0.4 is 4.90 Å². The molecule has 0 N–H and O–H groups in total. The highest BCUT2D eigenvalue weighted by atomic mass is 16.3. The lowest BCUT2D eigenvalue weighted by atomic mass is 9.81. The minimum absolute atomic E-state index is 0.174. The largest absolute Gasteiger partial charge is 0.455 e. The maximum Gasteiger partial charge on any atom is 0.143 e. The fourth-order valence-electron chi connectivity index (χ4n) is 8.47. The Hall–Kier alpha value is -6.38. The summed E-state index contributed by atoms with van der Waals surface area (Å²) in [5, 5.41) is 4.60. The minimum atomic E-state index is -0.174. The van der Waals surface area contributed by atoms with Gasteiger partial charge in [-0.05, 0) is 92.4 Å². The lowest BCUT2D eigenvalue weighted by Gasteiger charge is -2.32. The van der Waals surface area contributed by atoms with Crippen molar-refractivity contribution in [2.75, 3.05) is 4.90 Å². The van der Waals surface area contributed by atoms with Gasteiger partial charge in [0.05, 0.1) is 5.69 Å². The van der Waals surface area contributed by atoms with E-state index in [-0.39, 0.29) is 5.41 Å². The molecule has 0 saturated carbocycles. The highest BCUT2D eigenvalue weighted by Gasteiger charge is 2.38. The van der Waals surface area contributed by atoms with E-state index in [0.29, 0.717) is 0 Å². The monoisotopic (exact) mass is 653 g/mol. The number of hydrogen-bond donors (Lipinski definition) is 0. The molecule has 0 fully saturated rings. The van der Waals surface area contributed by atoms with Gasteiger partial charge in [0.25, 0.3) is 0 Å². The third kappa shape index (κ3) is 4.57. The molecule has 0 radical (unpaired) electrons. The number of anilines is 3. The van der Waals surface area contributed by atoms with Crippen LogP contribution in [-0.4, -0.2) is 0 Å². The van der Waals surface area contributed by atoms with Gasteiger partial charge in [-0.15, -0.1) is 0 Å². The first-order valence-corrected chi connectivity index (χ1v) is 17.7. The maximum atomic E-state index is 6.59. The molecule has 0 spiro atoms. The van der Waals surface area contributed by atoms with Crippen molar-refractivity contribution < 1.29 is 4.42 Å². The summed E-state index contributed by atoms with van der Waals surface area (Å²) in [6, 6.07) is 63.6. The zero-order valence-electron chi connectivity index (χ0n) is 28.6. The number of rotatable bonds is 5. The van der Waals surface area contributed by atoms with Crippen LogP contribution in [0, 0.1) is 0 Å². The summed E-state index contributed by atoms with van der Waals surface area (Å²) in [5.41, 5.74) is 15.1. The first-order chi connectivity index (χ1) is 25.1. The third-order valence-corrected chi connectivity index (χ3v) is 10.8. The maximum absolute atomic E-state index is 6.59. The van der Waals surface area contributed by atoms with Crippen molar-refractivity contribution in [2.24, 2.45) is 0 Å². The van der Waals surface area contributed by atoms with Gasteiger partial charge in [-0.2, -0.15) is 0 Å². The van der Waals surface area contributed by atoms with Crippen molar-refractivity contribution >= 4 is 49.8 Å². The van der Waals surface area contributed by atoms with Crippen LogP contribution in [0.1, 0.15) is 25.0 Å². The normalized spacial score (nSPS) is 13.1. The number of fused-ring (bicyclic) bond motifs is 8. The molecule has 8 aromatic carbocycles. The molecule has 242 valence electrons. The van der Waals surface area contributed by atoms with Crippen LogP contribution in [-0.2, 0) is 5.41 Å². The number of hydrogen-bond acceptors (Lipinski definition) is 2. The van der Waals surface area contributed by atoms with E-state index in [2.05, 4.69) is 195 Å². The average molecular weight is 654 g/mol. The van der Waals surface area contributed by atoms with Crippen LogP contribution >= 0.6 is 0 Å². The summed E-state index contributed by atoms with van der Waals surface area (Å²) in [5.74, 6) is 0. The first-order valence-electron chi connectivity index (χ1n) is 17.7. The first kappa shape index (κ1) is 29.5. The fourth-order valence-corrected chi connectivity index (χ4v) is 8.47. The zero-order valence-corrected chi connectivity index (χ0v) is 28.6. The summed E-state index contributed by atoms with van der Waals surface area (Å²) in [7, 11) is 0. The second-order valence-electron chi connectivity index (χ2n) is 14.1. The molecule has 0 bridgehead atoms. The summed E-state index contributed by atoms with van der Waals surface area (Å²) < 4.78 is 6.59. The molecule has 0 atom stereocenters. The topological polar surface area (TPSA) is 16.4 Å². The Kier molecular flexibility index (Phi) is 6.56. The highest BCUT2D eigenvalue weighted by Crippen LogP contribution is 2.54. The molecular formula is C49H35NO. The molecule has 10 rings (SSSR count). The van der Waals surface area contributed by atoms with E-state index in [1.165, 1.54) is 44.5 Å². The van der Waals surface area contributed by atoms with Crippen molar-refractivity contribution in [1.29, 1.82) is 0 Å². The SMILES string of the molecule is CC1(C)c2ccccc2-c2cccc(N(c3ccc(-c4ccccc4)cc3)c3cccc(-c4cccc5oc6c7ccccc7ccc6c45)c3)c21. The fraction of sp³-hybridized carbons (Fsp3) is 0.0612. The Balaban J connectivity index is 1.18. The molecule has 0 unspecified atom stereocenters. The van der Waals surface area contributed by atoms with Crippen molar-refractivity contribution in [2.45, 2.75) is 19.3 Å². The van der Waals surface area contributed by atoms with Gasteiger partial charge in [0.2, 0.25) is 0 Å². The van der Waals surface area contributed by atoms with Crippen LogP contribution in [0.3, 0.4) is 0 Å². The van der Waals surface area contributed by atoms with Crippen LogP contribution in [0.5, 0.6) is 0 Å². The van der Waals surface area contributed by atoms with Gasteiger partial charge in [0.1, 0.15) is 11.2 Å². The molecule has 9 aromatic rings. The molecule has 2 heteroatoms. The van der Waals surface area contributed by atoms with Crippen LogP contribution in [0.25, 0.3) is 66.1 Å². The Morgan fingerprint density at radius 3 is 2.04 bits per heavy atom. The standard InChI is InChI=1S/C49H35NO/c1-49(2)43-22-9-8-19-40(43)41-21-11-23-44(47(41)49)50(36-28-25-33(26-29-36)32-13-4-3-5-14-32)37-17-10-16-35(31-37)38-20-12-24-45-46(38)42-30-27-34-15-6-7-18-39(34)48(42)51-45/h3-31H,1-2H3. The van der Waals surface area contributed by atoms with E-state index >= 15 is 0 Å². The zero-order chi connectivity index (χ0) is 34.1. The quantitative estimate of drug-likeness (QED) is 0.184. The smallest absolute Gasteiger partial charge is 0.143 e. The number of furan rings is 1. The van der Waals surface area contributed by atoms with E-state index in [1.54, 1.807) is 0 Å². The molecule has 1 heterocycles. The Morgan fingerprint density at radius 1 is 0.471 bits per heavy atom. The van der Waals surface area contributed by atoms with E-state index in [9.17, 15) is 0 Å². The van der Waals surface area contributed by atoms with Gasteiger partial charge >= 0.3 is 0 Å². The Bertz CT molecular complexity index is 2770. The summed E-state index contributed by atoms with van der Waals surface area (Å²) in [6.45, 7) is 4.73. The molecule has 0 saturated heterocycles. The summed E-state index contributed by atoms with van der Waals surface area (Å²) >= 11 is 0. The van der Waals surface area contributed by atoms with Gasteiger partial charge in [-0.1, -0.05) is 147 Å². The van der Waals surface area contributed by atoms with Gasteiger partial charge in [0, 0.05) is 32.9 Å². The molecule has 51 heavy (non-hydrogen) atoms. The van der Waals surface area contributed by atoms with Crippen LogP contribution in [0.15, 0.2) is 180 Å². The molecule has 0 amide bonds. The molecule has 2 nitrogen and oxygen atoms in total. The minimum Gasteiger partial charge on any atom is -0.455 e. The van der Waals surface area contributed by atoms with Gasteiger partial charge in [0.15, 0.2) is 0 Å². The summed E-state index contributed by atoms with van der Waals surface area (Å²) in [4.78, 5) is 2.45. The summed E-state index contributed by atoms with van der Waals surface area (Å²) in [6.07, 6.45) is 0. The highest BCUT2D eigenvalue weighted by molar-refractivity contribution is 6.19. The van der Waals surface area contributed by atoms with Crippen LogP contribution in [0.2, 0.25) is 0 Å². The second kappa shape index (κ2) is 11.3. The predicted molar refractivity (Wildman–Crippen MR) is 214 cm³/mol. The third-order valence-electron chi connectivity index (χ3n) is 10.8. The van der Waals surface area contributed by atoms with Crippen molar-refractivity contribution in [3.63, 3.8) is 0 Å². The number of benzene rings is 8. The molecule has 1 aliphatic rings. The lowest BCUT2D eigenvalue weighted by Crippen LogP contribution is -2.20. The van der Waals surface area contributed by atoms with Gasteiger partial charge in [-0.3, -0.25) is 0 Å².